The average Bonchev–Trinajstić information content (AvgIpc) is 2.83. The molecule has 1 aliphatic heterocycles. The van der Waals surface area contributed by atoms with Gasteiger partial charge in [0.05, 0.1) is 19.6 Å². The molecule has 1 heterocycles. The quantitative estimate of drug-likeness (QED) is 0.475. The zero-order valence-electron chi connectivity index (χ0n) is 20.3. The molecule has 9 nitrogen and oxygen atoms in total. The number of aryl methyl sites for hydroxylation is 1. The van der Waals surface area contributed by atoms with Crippen LogP contribution in [0, 0.1) is 12.8 Å². The van der Waals surface area contributed by atoms with E-state index in [0.29, 0.717) is 30.0 Å². The van der Waals surface area contributed by atoms with Crippen LogP contribution in [0.4, 0.5) is 11.4 Å². The summed E-state index contributed by atoms with van der Waals surface area (Å²) in [5.41, 5.74) is 2.89. The van der Waals surface area contributed by atoms with Crippen molar-refractivity contribution in [1.29, 1.82) is 0 Å². The third-order valence-corrected chi connectivity index (χ3v) is 5.46. The molecule has 35 heavy (non-hydrogen) atoms. The fourth-order valence-corrected chi connectivity index (χ4v) is 3.63. The second-order valence-electron chi connectivity index (χ2n) is 8.93. The first-order chi connectivity index (χ1) is 16.7. The maximum atomic E-state index is 12.8. The molecular formula is C26H32N4O5. The minimum absolute atomic E-state index is 0.0418. The highest BCUT2D eigenvalue weighted by atomic mass is 16.5. The first-order valence-corrected chi connectivity index (χ1v) is 11.7. The van der Waals surface area contributed by atoms with Crippen LogP contribution in [-0.2, 0) is 19.1 Å². The van der Waals surface area contributed by atoms with Crippen LogP contribution in [0.3, 0.4) is 0 Å². The number of carbonyl (C=O) groups is 4. The molecule has 1 unspecified atom stereocenters. The second-order valence-corrected chi connectivity index (χ2v) is 8.93. The topological polar surface area (TPSA) is 117 Å². The summed E-state index contributed by atoms with van der Waals surface area (Å²) in [6, 6.07) is 13.4. The minimum atomic E-state index is -0.892. The van der Waals surface area contributed by atoms with E-state index in [1.165, 1.54) is 4.90 Å². The van der Waals surface area contributed by atoms with Crippen LogP contribution in [0.2, 0.25) is 0 Å². The van der Waals surface area contributed by atoms with Gasteiger partial charge in [0.2, 0.25) is 11.8 Å². The molecular weight excluding hydrogens is 448 g/mol. The number of anilines is 2. The Bertz CT molecular complexity index is 1070. The zero-order chi connectivity index (χ0) is 25.4. The number of amides is 3. The van der Waals surface area contributed by atoms with Crippen molar-refractivity contribution in [1.82, 2.24) is 10.2 Å². The predicted molar refractivity (Wildman–Crippen MR) is 133 cm³/mol. The molecule has 1 aliphatic rings. The molecule has 2 aromatic carbocycles. The third kappa shape index (κ3) is 7.56. The van der Waals surface area contributed by atoms with Gasteiger partial charge in [-0.3, -0.25) is 19.2 Å². The smallest absolute Gasteiger partial charge is 0.308 e. The largest absolute Gasteiger partial charge is 0.465 e. The molecule has 0 bridgehead atoms. The zero-order valence-corrected chi connectivity index (χ0v) is 20.3. The maximum absolute atomic E-state index is 12.8. The van der Waals surface area contributed by atoms with Gasteiger partial charge in [-0.2, -0.15) is 0 Å². The molecule has 9 heteroatoms. The first-order valence-electron chi connectivity index (χ1n) is 11.7. The molecule has 0 aliphatic carbocycles. The first kappa shape index (κ1) is 25.7. The summed E-state index contributed by atoms with van der Waals surface area (Å²) >= 11 is 0. The molecule has 1 atom stereocenters. The molecule has 3 N–H and O–H groups in total. The molecule has 0 radical (unpaired) electrons. The van der Waals surface area contributed by atoms with Crippen LogP contribution >= 0.6 is 0 Å². The number of benzene rings is 2. The summed E-state index contributed by atoms with van der Waals surface area (Å²) in [4.78, 5) is 51.1. The normalized spacial score (nSPS) is 15.4. The highest BCUT2D eigenvalue weighted by Crippen LogP contribution is 2.16. The summed E-state index contributed by atoms with van der Waals surface area (Å²) in [7, 11) is 0. The van der Waals surface area contributed by atoms with E-state index in [4.69, 9.17) is 4.74 Å². The van der Waals surface area contributed by atoms with Crippen molar-refractivity contribution in [2.24, 2.45) is 5.92 Å². The van der Waals surface area contributed by atoms with Crippen LogP contribution in [0.5, 0.6) is 0 Å². The van der Waals surface area contributed by atoms with Crippen molar-refractivity contribution in [3.05, 3.63) is 59.7 Å². The fraction of sp³-hybridized carbons (Fsp3) is 0.385. The summed E-state index contributed by atoms with van der Waals surface area (Å²) in [6.07, 6.45) is -0.181. The van der Waals surface area contributed by atoms with Gasteiger partial charge in [-0.15, -0.1) is 0 Å². The minimum Gasteiger partial charge on any atom is -0.465 e. The molecule has 2 aromatic rings. The van der Waals surface area contributed by atoms with Gasteiger partial charge in [-0.1, -0.05) is 31.5 Å². The monoisotopic (exact) mass is 480 g/mol. The van der Waals surface area contributed by atoms with E-state index in [9.17, 15) is 19.2 Å². The van der Waals surface area contributed by atoms with Crippen LogP contribution in [-0.4, -0.2) is 60.9 Å². The number of hydrogen-bond acceptors (Lipinski definition) is 6. The summed E-state index contributed by atoms with van der Waals surface area (Å²) in [5.74, 6) is -1.18. The molecule has 1 fully saturated rings. The van der Waals surface area contributed by atoms with Crippen LogP contribution < -0.4 is 16.0 Å². The van der Waals surface area contributed by atoms with Gasteiger partial charge in [0.15, 0.2) is 0 Å². The van der Waals surface area contributed by atoms with Crippen molar-refractivity contribution >= 4 is 35.1 Å². The molecule has 3 rings (SSSR count). The average molecular weight is 481 g/mol. The Morgan fingerprint density at radius 1 is 1.11 bits per heavy atom. The molecule has 0 spiro atoms. The van der Waals surface area contributed by atoms with Gasteiger partial charge in [-0.25, -0.2) is 0 Å². The standard InChI is InChI=1S/C26H32N4O5/c1-17(2)16-35-24(32)14-22-26(34)27-11-12-30(22)23(31)15-28-20-7-9-21(10-8-20)29-25(33)19-6-4-5-18(3)13-19/h4-10,13,17,22,28H,11-12,14-16H2,1-3H3,(H,27,34)(H,29,33). The highest BCUT2D eigenvalue weighted by Gasteiger charge is 2.35. The van der Waals surface area contributed by atoms with E-state index in [1.54, 1.807) is 30.3 Å². The molecule has 0 aromatic heterocycles. The number of nitrogens with one attached hydrogen (secondary N) is 3. The lowest BCUT2D eigenvalue weighted by molar-refractivity contribution is -0.152. The van der Waals surface area contributed by atoms with Crippen molar-refractivity contribution in [3.8, 4) is 0 Å². The van der Waals surface area contributed by atoms with Crippen LogP contribution in [0.1, 0.15) is 36.2 Å². The number of carbonyl (C=O) groups excluding carboxylic acids is 4. The number of piperazine rings is 1. The number of hydrogen-bond donors (Lipinski definition) is 3. The van der Waals surface area contributed by atoms with Crippen molar-refractivity contribution in [3.63, 3.8) is 0 Å². The Morgan fingerprint density at radius 3 is 2.51 bits per heavy atom. The van der Waals surface area contributed by atoms with Gasteiger partial charge in [0.25, 0.3) is 5.91 Å². The number of nitrogens with zero attached hydrogens (tertiary/aromatic N) is 1. The van der Waals surface area contributed by atoms with Gasteiger partial charge >= 0.3 is 5.97 Å². The maximum Gasteiger partial charge on any atom is 0.308 e. The van der Waals surface area contributed by atoms with Crippen LogP contribution in [0.15, 0.2) is 48.5 Å². The van der Waals surface area contributed by atoms with E-state index in [0.717, 1.165) is 5.56 Å². The SMILES string of the molecule is Cc1cccc(C(=O)Nc2ccc(NCC(=O)N3CCNC(=O)C3CC(=O)OCC(C)C)cc2)c1. The number of rotatable bonds is 9. The lowest BCUT2D eigenvalue weighted by atomic mass is 10.1. The molecule has 3 amide bonds. The van der Waals surface area contributed by atoms with E-state index < -0.39 is 12.0 Å². The van der Waals surface area contributed by atoms with E-state index in [2.05, 4.69) is 16.0 Å². The lowest BCUT2D eigenvalue weighted by Crippen LogP contribution is -2.58. The van der Waals surface area contributed by atoms with Gasteiger partial charge in [-0.05, 0) is 49.2 Å². The van der Waals surface area contributed by atoms with E-state index >= 15 is 0 Å². The van der Waals surface area contributed by atoms with Gasteiger partial charge in [0, 0.05) is 30.0 Å². The Hall–Kier alpha value is -3.88. The van der Waals surface area contributed by atoms with E-state index in [1.807, 2.05) is 39.0 Å². The second kappa shape index (κ2) is 12.0. The van der Waals surface area contributed by atoms with Crippen molar-refractivity contribution in [2.75, 3.05) is 36.9 Å². The lowest BCUT2D eigenvalue weighted by Gasteiger charge is -2.34. The summed E-state index contributed by atoms with van der Waals surface area (Å²) in [5, 5.41) is 8.59. The number of ether oxygens (including phenoxy) is 1. The number of esters is 1. The summed E-state index contributed by atoms with van der Waals surface area (Å²) in [6.45, 7) is 6.65. The van der Waals surface area contributed by atoms with Gasteiger partial charge < -0.3 is 25.6 Å². The Kier molecular flexibility index (Phi) is 8.83. The highest BCUT2D eigenvalue weighted by molar-refractivity contribution is 6.04. The molecule has 0 saturated carbocycles. The molecule has 1 saturated heterocycles. The van der Waals surface area contributed by atoms with Crippen molar-refractivity contribution in [2.45, 2.75) is 33.2 Å². The predicted octanol–water partition coefficient (Wildman–Crippen LogP) is 2.58. The summed E-state index contributed by atoms with van der Waals surface area (Å²) < 4.78 is 5.18. The Labute approximate surface area is 205 Å². The van der Waals surface area contributed by atoms with E-state index in [-0.39, 0.29) is 43.2 Å². The molecule has 186 valence electrons. The van der Waals surface area contributed by atoms with Gasteiger partial charge in [0.1, 0.15) is 6.04 Å². The Balaban J connectivity index is 1.54. The Morgan fingerprint density at radius 2 is 1.83 bits per heavy atom. The van der Waals surface area contributed by atoms with Crippen LogP contribution in [0.25, 0.3) is 0 Å². The fourth-order valence-electron chi connectivity index (χ4n) is 3.63. The third-order valence-electron chi connectivity index (χ3n) is 5.46. The van der Waals surface area contributed by atoms with Crippen molar-refractivity contribution < 1.29 is 23.9 Å².